The second-order valence-electron chi connectivity index (χ2n) is 7.12. The second kappa shape index (κ2) is 8.35. The number of carbonyl (C=O) groups is 1. The van der Waals surface area contributed by atoms with Gasteiger partial charge in [-0.3, -0.25) is 23.7 Å². The Morgan fingerprint density at radius 2 is 1.91 bits per heavy atom. The van der Waals surface area contributed by atoms with Crippen molar-refractivity contribution in [2.45, 2.75) is 0 Å². The summed E-state index contributed by atoms with van der Waals surface area (Å²) < 4.78 is 8.87. The molecule has 1 N–H and O–H groups in total. The monoisotopic (exact) mass is 439 g/mol. The van der Waals surface area contributed by atoms with Crippen molar-refractivity contribution in [3.63, 3.8) is 0 Å². The van der Waals surface area contributed by atoms with Gasteiger partial charge in [-0.1, -0.05) is 6.07 Å². The minimum Gasteiger partial charge on any atom is -0.456 e. The highest BCUT2D eigenvalue weighted by Crippen LogP contribution is 2.25. The summed E-state index contributed by atoms with van der Waals surface area (Å²) in [5, 5.41) is 6.76. The number of hydrogen-bond donors (Lipinski definition) is 1. The van der Waals surface area contributed by atoms with Crippen molar-refractivity contribution in [2.24, 2.45) is 7.05 Å². The van der Waals surface area contributed by atoms with E-state index >= 15 is 0 Å². The molecular formula is C23H17N7O3. The van der Waals surface area contributed by atoms with Gasteiger partial charge in [-0.2, -0.15) is 5.10 Å². The highest BCUT2D eigenvalue weighted by Gasteiger charge is 2.14. The van der Waals surface area contributed by atoms with Crippen molar-refractivity contribution >= 4 is 17.4 Å². The van der Waals surface area contributed by atoms with Gasteiger partial charge in [0.05, 0.1) is 18.1 Å². The molecular weight excluding hydrogens is 422 g/mol. The molecule has 0 aliphatic carbocycles. The van der Waals surface area contributed by atoms with Gasteiger partial charge >= 0.3 is 0 Å². The van der Waals surface area contributed by atoms with Crippen molar-refractivity contribution in [2.75, 3.05) is 5.32 Å². The fourth-order valence-electron chi connectivity index (χ4n) is 3.20. The lowest BCUT2D eigenvalue weighted by atomic mass is 10.2. The third kappa shape index (κ3) is 4.17. The van der Waals surface area contributed by atoms with E-state index in [1.807, 2.05) is 13.2 Å². The normalized spacial score (nSPS) is 10.8. The molecule has 33 heavy (non-hydrogen) atoms. The maximum Gasteiger partial charge on any atom is 0.270 e. The Hall–Kier alpha value is -4.86. The first-order valence-corrected chi connectivity index (χ1v) is 9.93. The molecule has 0 fully saturated rings. The Morgan fingerprint density at radius 3 is 2.70 bits per heavy atom. The average Bonchev–Trinajstić information content (AvgIpc) is 3.27. The Balaban J connectivity index is 1.30. The largest absolute Gasteiger partial charge is 0.456 e. The number of fused-ring (bicyclic) bond motifs is 1. The van der Waals surface area contributed by atoms with E-state index in [2.05, 4.69) is 25.4 Å². The molecule has 0 aromatic carbocycles. The Bertz CT molecular complexity index is 1520. The zero-order chi connectivity index (χ0) is 22.8. The molecule has 0 aliphatic heterocycles. The first-order valence-electron chi connectivity index (χ1n) is 9.93. The maximum atomic E-state index is 12.6. The number of nitrogens with zero attached hydrogens (tertiary/aromatic N) is 6. The Morgan fingerprint density at radius 1 is 1.00 bits per heavy atom. The predicted molar refractivity (Wildman–Crippen MR) is 120 cm³/mol. The summed E-state index contributed by atoms with van der Waals surface area (Å²) in [6.45, 7) is 0. The second-order valence-corrected chi connectivity index (χ2v) is 7.12. The fraction of sp³-hybridized carbons (Fsp3) is 0.0435. The molecule has 0 saturated heterocycles. The number of hydrogen-bond acceptors (Lipinski definition) is 7. The number of carbonyl (C=O) groups excluding carboxylic acids is 1. The van der Waals surface area contributed by atoms with Crippen molar-refractivity contribution in [3.05, 3.63) is 95.6 Å². The summed E-state index contributed by atoms with van der Waals surface area (Å²) in [5.41, 5.74) is 1.52. The van der Waals surface area contributed by atoms with Gasteiger partial charge in [0.2, 0.25) is 0 Å². The van der Waals surface area contributed by atoms with Crippen LogP contribution in [0.2, 0.25) is 0 Å². The summed E-state index contributed by atoms with van der Waals surface area (Å²) in [6.07, 6.45) is 9.53. The number of rotatable bonds is 5. The predicted octanol–water partition coefficient (Wildman–Crippen LogP) is 2.93. The molecule has 5 aromatic rings. The third-order valence-corrected chi connectivity index (χ3v) is 4.80. The van der Waals surface area contributed by atoms with E-state index in [1.54, 1.807) is 65.7 Å². The molecule has 5 aromatic heterocycles. The standard InChI is InChI=1S/C23H17N7O3/c1-29-14-15(11-27-29)19-10-16(7-8-24-19)33-17-5-6-20(25-12-17)28-22(31)18-13-26-21-4-2-3-9-30(21)23(18)32/h2-14H,1H3,(H,25,28,31). The van der Waals surface area contributed by atoms with Crippen LogP contribution < -0.4 is 15.6 Å². The van der Waals surface area contributed by atoms with Crippen LogP contribution in [0, 0.1) is 0 Å². The zero-order valence-electron chi connectivity index (χ0n) is 17.4. The summed E-state index contributed by atoms with van der Waals surface area (Å²) in [7, 11) is 1.84. The molecule has 5 heterocycles. The molecule has 10 nitrogen and oxygen atoms in total. The number of anilines is 1. The molecule has 0 radical (unpaired) electrons. The average molecular weight is 439 g/mol. The van der Waals surface area contributed by atoms with Crippen molar-refractivity contribution in [3.8, 4) is 22.8 Å². The summed E-state index contributed by atoms with van der Waals surface area (Å²) in [4.78, 5) is 37.8. The highest BCUT2D eigenvalue weighted by atomic mass is 16.5. The van der Waals surface area contributed by atoms with Crippen LogP contribution in [0.4, 0.5) is 5.82 Å². The smallest absolute Gasteiger partial charge is 0.270 e. The van der Waals surface area contributed by atoms with E-state index in [-0.39, 0.29) is 11.4 Å². The van der Waals surface area contributed by atoms with E-state index in [4.69, 9.17) is 4.74 Å². The first kappa shape index (κ1) is 20.1. The molecule has 0 spiro atoms. The first-order chi connectivity index (χ1) is 16.1. The Kier molecular flexibility index (Phi) is 5.07. The van der Waals surface area contributed by atoms with Crippen molar-refractivity contribution < 1.29 is 9.53 Å². The molecule has 0 saturated carbocycles. The van der Waals surface area contributed by atoms with Gasteiger partial charge in [0.25, 0.3) is 11.5 Å². The van der Waals surface area contributed by atoms with E-state index < -0.39 is 11.5 Å². The van der Waals surface area contributed by atoms with Crippen molar-refractivity contribution in [1.29, 1.82) is 0 Å². The van der Waals surface area contributed by atoms with Gasteiger partial charge < -0.3 is 10.1 Å². The SMILES string of the molecule is Cn1cc(-c2cc(Oc3ccc(NC(=O)c4cnc5ccccn5c4=O)nc3)ccn2)cn1. The lowest BCUT2D eigenvalue weighted by Gasteiger charge is -2.08. The van der Waals surface area contributed by atoms with Crippen LogP contribution in [0.3, 0.4) is 0 Å². The highest BCUT2D eigenvalue weighted by molar-refractivity contribution is 6.03. The summed E-state index contributed by atoms with van der Waals surface area (Å²) in [6, 6.07) is 11.9. The molecule has 0 bridgehead atoms. The van der Waals surface area contributed by atoms with Gasteiger partial charge in [-0.15, -0.1) is 0 Å². The van der Waals surface area contributed by atoms with Gasteiger partial charge in [0.1, 0.15) is 28.5 Å². The van der Waals surface area contributed by atoms with Crippen molar-refractivity contribution in [1.82, 2.24) is 29.1 Å². The molecule has 10 heteroatoms. The van der Waals surface area contributed by atoms with E-state index in [9.17, 15) is 9.59 Å². The molecule has 1 amide bonds. The Labute approximate surface area is 187 Å². The zero-order valence-corrected chi connectivity index (χ0v) is 17.4. The maximum absolute atomic E-state index is 12.6. The molecule has 0 atom stereocenters. The van der Waals surface area contributed by atoms with E-state index in [0.29, 0.717) is 17.1 Å². The van der Waals surface area contributed by atoms with Crippen LogP contribution in [-0.4, -0.2) is 35.0 Å². The van der Waals surface area contributed by atoms with Gasteiger partial charge in [0.15, 0.2) is 0 Å². The minimum absolute atomic E-state index is 0.0828. The molecule has 5 rings (SSSR count). The number of amides is 1. The van der Waals surface area contributed by atoms with Crippen LogP contribution in [0.25, 0.3) is 16.9 Å². The number of pyridine rings is 3. The number of aromatic nitrogens is 6. The van der Waals surface area contributed by atoms with Crippen LogP contribution in [0.1, 0.15) is 10.4 Å². The quantitative estimate of drug-likeness (QED) is 0.447. The van der Waals surface area contributed by atoms with Crippen LogP contribution in [0.5, 0.6) is 11.5 Å². The molecule has 0 unspecified atom stereocenters. The van der Waals surface area contributed by atoms with Gasteiger partial charge in [0, 0.05) is 43.5 Å². The van der Waals surface area contributed by atoms with E-state index in [1.165, 1.54) is 16.8 Å². The van der Waals surface area contributed by atoms with Crippen LogP contribution in [0.15, 0.2) is 84.4 Å². The number of ether oxygens (including phenoxy) is 1. The number of aryl methyl sites for hydroxylation is 1. The summed E-state index contributed by atoms with van der Waals surface area (Å²) in [5.74, 6) is 0.735. The fourth-order valence-corrected chi connectivity index (χ4v) is 3.20. The summed E-state index contributed by atoms with van der Waals surface area (Å²) >= 11 is 0. The lowest BCUT2D eigenvalue weighted by molar-refractivity contribution is 0.102. The molecule has 162 valence electrons. The molecule has 0 aliphatic rings. The van der Waals surface area contributed by atoms with E-state index in [0.717, 1.165) is 11.3 Å². The minimum atomic E-state index is -0.595. The van der Waals surface area contributed by atoms with Crippen LogP contribution in [-0.2, 0) is 7.05 Å². The third-order valence-electron chi connectivity index (χ3n) is 4.80. The van der Waals surface area contributed by atoms with Gasteiger partial charge in [-0.05, 0) is 30.3 Å². The topological polar surface area (TPSA) is 116 Å². The van der Waals surface area contributed by atoms with Gasteiger partial charge in [-0.25, -0.2) is 9.97 Å². The van der Waals surface area contributed by atoms with Crippen LogP contribution >= 0.6 is 0 Å². The lowest BCUT2D eigenvalue weighted by Crippen LogP contribution is -2.26. The number of nitrogens with one attached hydrogen (secondary N) is 1.